The van der Waals surface area contributed by atoms with Gasteiger partial charge in [-0.25, -0.2) is 18.0 Å². The van der Waals surface area contributed by atoms with Gasteiger partial charge < -0.3 is 14.6 Å². The number of benzene rings is 2. The smallest absolute Gasteiger partial charge is 0.341 e. The van der Waals surface area contributed by atoms with Crippen LogP contribution in [0.2, 0.25) is 0 Å². The van der Waals surface area contributed by atoms with Gasteiger partial charge in [0, 0.05) is 0 Å². The Morgan fingerprint density at radius 3 is 2.32 bits per heavy atom. The quantitative estimate of drug-likeness (QED) is 0.206. The van der Waals surface area contributed by atoms with Crippen molar-refractivity contribution in [2.24, 2.45) is 5.92 Å². The minimum atomic E-state index is -1.16. The van der Waals surface area contributed by atoms with Gasteiger partial charge in [-0.1, -0.05) is 18.2 Å². The van der Waals surface area contributed by atoms with E-state index in [-0.39, 0.29) is 34.6 Å². The standard InChI is InChI=1S/C31H37F3O4/c1-3-4-17-37-28-16-11-23(18-27(28)32)21-9-12-24(13-10-21)38-31(36)26-15-14-25(29(33)30(26)34)22-7-5-20(6-8-22)19(2)35/h3,11,14-16,18-22,24,35H,1,4-10,12-13,17H2,2H3. The van der Waals surface area contributed by atoms with Crippen LogP contribution in [-0.2, 0) is 4.74 Å². The summed E-state index contributed by atoms with van der Waals surface area (Å²) < 4.78 is 55.3. The summed E-state index contributed by atoms with van der Waals surface area (Å²) in [6.07, 6.45) is 6.92. The van der Waals surface area contributed by atoms with Crippen LogP contribution < -0.4 is 4.74 Å². The molecule has 2 aliphatic rings. The summed E-state index contributed by atoms with van der Waals surface area (Å²) in [6.45, 7) is 5.75. The molecule has 38 heavy (non-hydrogen) atoms. The summed E-state index contributed by atoms with van der Waals surface area (Å²) in [5, 5.41) is 9.78. The molecule has 0 aromatic heterocycles. The van der Waals surface area contributed by atoms with Crippen molar-refractivity contribution in [2.75, 3.05) is 6.61 Å². The zero-order valence-electron chi connectivity index (χ0n) is 21.9. The fraction of sp³-hybridized carbons (Fsp3) is 0.516. The summed E-state index contributed by atoms with van der Waals surface area (Å²) in [6, 6.07) is 7.82. The zero-order chi connectivity index (χ0) is 27.2. The summed E-state index contributed by atoms with van der Waals surface area (Å²) in [5.41, 5.74) is 0.766. The van der Waals surface area contributed by atoms with Gasteiger partial charge in [0.15, 0.2) is 23.2 Å². The Bertz CT molecular complexity index is 1120. The highest BCUT2D eigenvalue weighted by Gasteiger charge is 2.31. The van der Waals surface area contributed by atoms with Crippen molar-refractivity contribution < 1.29 is 32.5 Å². The average molecular weight is 531 g/mol. The second kappa shape index (κ2) is 12.8. The number of hydrogen-bond acceptors (Lipinski definition) is 4. The van der Waals surface area contributed by atoms with E-state index in [0.29, 0.717) is 51.6 Å². The molecular weight excluding hydrogens is 493 g/mol. The van der Waals surface area contributed by atoms with E-state index in [4.69, 9.17) is 9.47 Å². The molecule has 1 N–H and O–H groups in total. The first-order valence-corrected chi connectivity index (χ1v) is 13.7. The lowest BCUT2D eigenvalue weighted by molar-refractivity contribution is 0.0189. The van der Waals surface area contributed by atoms with Gasteiger partial charge >= 0.3 is 5.97 Å². The van der Waals surface area contributed by atoms with E-state index in [2.05, 4.69) is 6.58 Å². The van der Waals surface area contributed by atoms with Crippen molar-refractivity contribution in [3.8, 4) is 5.75 Å². The van der Waals surface area contributed by atoms with Crippen LogP contribution in [0.1, 0.15) is 98.0 Å². The first-order chi connectivity index (χ1) is 18.3. The molecule has 2 saturated carbocycles. The van der Waals surface area contributed by atoms with Crippen molar-refractivity contribution in [1.82, 2.24) is 0 Å². The van der Waals surface area contributed by atoms with E-state index in [0.717, 1.165) is 18.4 Å². The third-order valence-electron chi connectivity index (χ3n) is 8.18. The number of rotatable bonds is 9. The monoisotopic (exact) mass is 530 g/mol. The van der Waals surface area contributed by atoms with Crippen LogP contribution in [0.5, 0.6) is 5.75 Å². The van der Waals surface area contributed by atoms with E-state index in [1.807, 2.05) is 6.07 Å². The van der Waals surface area contributed by atoms with Gasteiger partial charge in [-0.3, -0.25) is 0 Å². The summed E-state index contributed by atoms with van der Waals surface area (Å²) >= 11 is 0. The zero-order valence-corrected chi connectivity index (χ0v) is 21.9. The number of carbonyl (C=O) groups is 1. The third kappa shape index (κ3) is 6.60. The number of ether oxygens (including phenoxy) is 2. The van der Waals surface area contributed by atoms with Crippen molar-refractivity contribution in [3.63, 3.8) is 0 Å². The lowest BCUT2D eigenvalue weighted by Crippen LogP contribution is -2.25. The number of aliphatic hydroxyl groups is 1. The summed E-state index contributed by atoms with van der Waals surface area (Å²) in [5.74, 6) is -3.02. The Labute approximate surface area is 222 Å². The van der Waals surface area contributed by atoms with Gasteiger partial charge in [-0.05, 0) is 112 Å². The molecule has 0 bridgehead atoms. The van der Waals surface area contributed by atoms with Crippen LogP contribution in [-0.4, -0.2) is 29.9 Å². The van der Waals surface area contributed by atoms with Crippen LogP contribution in [0.3, 0.4) is 0 Å². The van der Waals surface area contributed by atoms with Gasteiger partial charge in [-0.2, -0.15) is 0 Å². The Hall–Kier alpha value is -2.80. The van der Waals surface area contributed by atoms with Crippen molar-refractivity contribution in [2.45, 2.75) is 88.8 Å². The van der Waals surface area contributed by atoms with Crippen LogP contribution in [0.4, 0.5) is 13.2 Å². The highest BCUT2D eigenvalue weighted by molar-refractivity contribution is 5.90. The molecule has 0 radical (unpaired) electrons. The predicted octanol–water partition coefficient (Wildman–Crippen LogP) is 7.60. The topological polar surface area (TPSA) is 55.8 Å². The van der Waals surface area contributed by atoms with E-state index in [1.165, 1.54) is 18.2 Å². The van der Waals surface area contributed by atoms with E-state index >= 15 is 0 Å². The molecular formula is C31H37F3O4. The van der Waals surface area contributed by atoms with Gasteiger partial charge in [-0.15, -0.1) is 6.58 Å². The SMILES string of the molecule is C=CCCOc1ccc(C2CCC(OC(=O)c3ccc(C4CCC(C(C)O)CC4)c(F)c3F)CC2)cc1F. The molecule has 0 aliphatic heterocycles. The summed E-state index contributed by atoms with van der Waals surface area (Å²) in [4.78, 5) is 12.7. The van der Waals surface area contributed by atoms with Crippen molar-refractivity contribution >= 4 is 5.97 Å². The molecule has 0 spiro atoms. The molecule has 2 aromatic rings. The van der Waals surface area contributed by atoms with E-state index in [9.17, 15) is 23.1 Å². The average Bonchev–Trinajstić information content (AvgIpc) is 2.91. The first-order valence-electron chi connectivity index (χ1n) is 13.7. The van der Waals surface area contributed by atoms with Crippen LogP contribution in [0.25, 0.3) is 0 Å². The van der Waals surface area contributed by atoms with Crippen LogP contribution in [0, 0.1) is 23.4 Å². The second-order valence-corrected chi connectivity index (χ2v) is 10.7. The fourth-order valence-corrected chi connectivity index (χ4v) is 5.82. The third-order valence-corrected chi connectivity index (χ3v) is 8.18. The largest absolute Gasteiger partial charge is 0.490 e. The lowest BCUT2D eigenvalue weighted by atomic mass is 9.76. The molecule has 1 unspecified atom stereocenters. The first kappa shape index (κ1) is 28.2. The Morgan fingerprint density at radius 2 is 1.68 bits per heavy atom. The van der Waals surface area contributed by atoms with Crippen molar-refractivity contribution in [1.29, 1.82) is 0 Å². The maximum absolute atomic E-state index is 15.0. The molecule has 206 valence electrons. The number of aliphatic hydroxyl groups excluding tert-OH is 1. The van der Waals surface area contributed by atoms with Gasteiger partial charge in [0.05, 0.1) is 18.3 Å². The fourth-order valence-electron chi connectivity index (χ4n) is 5.82. The van der Waals surface area contributed by atoms with E-state index < -0.39 is 35.6 Å². The molecule has 1 atom stereocenters. The summed E-state index contributed by atoms with van der Waals surface area (Å²) in [7, 11) is 0. The minimum Gasteiger partial charge on any atom is -0.490 e. The molecule has 4 rings (SSSR count). The number of carbonyl (C=O) groups excluding carboxylic acids is 1. The number of halogens is 3. The van der Waals surface area contributed by atoms with Gasteiger partial charge in [0.25, 0.3) is 0 Å². The molecule has 2 aromatic carbocycles. The van der Waals surface area contributed by atoms with Crippen molar-refractivity contribution in [3.05, 3.63) is 77.1 Å². The molecule has 0 saturated heterocycles. The molecule has 2 aliphatic carbocycles. The van der Waals surface area contributed by atoms with E-state index in [1.54, 1.807) is 19.1 Å². The molecule has 4 nitrogen and oxygen atoms in total. The Morgan fingerprint density at radius 1 is 1.00 bits per heavy atom. The molecule has 2 fully saturated rings. The Kier molecular flexibility index (Phi) is 9.53. The lowest BCUT2D eigenvalue weighted by Gasteiger charge is -2.31. The minimum absolute atomic E-state index is 0.124. The van der Waals surface area contributed by atoms with Gasteiger partial charge in [0.2, 0.25) is 0 Å². The maximum Gasteiger partial charge on any atom is 0.341 e. The molecule has 0 heterocycles. The van der Waals surface area contributed by atoms with Crippen LogP contribution >= 0.6 is 0 Å². The highest BCUT2D eigenvalue weighted by atomic mass is 19.2. The van der Waals surface area contributed by atoms with Gasteiger partial charge in [0.1, 0.15) is 6.10 Å². The van der Waals surface area contributed by atoms with Crippen LogP contribution in [0.15, 0.2) is 43.0 Å². The molecule has 7 heteroatoms. The predicted molar refractivity (Wildman–Crippen MR) is 140 cm³/mol. The second-order valence-electron chi connectivity index (χ2n) is 10.7. The number of esters is 1. The highest BCUT2D eigenvalue weighted by Crippen LogP contribution is 2.39. The Balaban J connectivity index is 1.31. The normalized spacial score (nSPS) is 24.4. The maximum atomic E-state index is 15.0. The number of hydrogen-bond donors (Lipinski definition) is 1. The molecule has 0 amide bonds.